The van der Waals surface area contributed by atoms with Gasteiger partial charge in [0.1, 0.15) is 11.4 Å². The molecule has 2 saturated carbocycles. The minimum atomic E-state index is -0.594. The van der Waals surface area contributed by atoms with Gasteiger partial charge in [0.15, 0.2) is 5.78 Å². The first-order chi connectivity index (χ1) is 8.67. The first-order valence-electron chi connectivity index (χ1n) is 7.24. The molecule has 1 heterocycles. The molecule has 0 amide bonds. The third-order valence-electron chi connectivity index (χ3n) is 5.01. The zero-order valence-corrected chi connectivity index (χ0v) is 10.9. The molecule has 2 aliphatic carbocycles. The lowest BCUT2D eigenvalue weighted by Gasteiger charge is -2.49. The fourth-order valence-electron chi connectivity index (χ4n) is 3.95. The van der Waals surface area contributed by atoms with Gasteiger partial charge in [0.25, 0.3) is 0 Å². The van der Waals surface area contributed by atoms with Crippen molar-refractivity contribution in [1.82, 2.24) is 10.6 Å². The molecule has 3 aliphatic rings. The highest BCUT2D eigenvalue weighted by atomic mass is 16.2. The quantitative estimate of drug-likeness (QED) is 0.633. The Kier molecular flexibility index (Phi) is 3.02. The number of Topliss-reactive ketones (excluding diaryl/α,β-unsaturated/α-hetero) is 2. The van der Waals surface area contributed by atoms with Gasteiger partial charge in [0, 0.05) is 5.41 Å². The van der Waals surface area contributed by atoms with E-state index in [9.17, 15) is 9.59 Å². The Bertz CT molecular complexity index is 332. The molecule has 4 nitrogen and oxygen atoms in total. The van der Waals surface area contributed by atoms with E-state index in [1.165, 1.54) is 6.42 Å². The third-order valence-corrected chi connectivity index (χ3v) is 5.01. The predicted molar refractivity (Wildman–Crippen MR) is 68.1 cm³/mol. The fraction of sp³-hybridized carbons (Fsp3) is 0.857. The number of carbonyl (C=O) groups excluding carboxylic acids is 2. The highest BCUT2D eigenvalue weighted by Crippen LogP contribution is 2.47. The number of rotatable bonds is 0. The maximum absolute atomic E-state index is 12.3. The summed E-state index contributed by atoms with van der Waals surface area (Å²) in [6.45, 7) is 1.76. The van der Waals surface area contributed by atoms with Gasteiger partial charge in [-0.3, -0.25) is 20.2 Å². The van der Waals surface area contributed by atoms with Gasteiger partial charge in [-0.25, -0.2) is 0 Å². The number of ketones is 2. The molecule has 3 rings (SSSR count). The second-order valence-electron chi connectivity index (χ2n) is 6.15. The summed E-state index contributed by atoms with van der Waals surface area (Å²) in [5, 5.41) is 6.73. The summed E-state index contributed by atoms with van der Waals surface area (Å²) >= 11 is 0. The molecule has 0 unspecified atom stereocenters. The Hall–Kier alpha value is -0.740. The average Bonchev–Trinajstić information content (AvgIpc) is 2.39. The highest BCUT2D eigenvalue weighted by molar-refractivity contribution is 6.08. The van der Waals surface area contributed by atoms with E-state index in [0.717, 1.165) is 45.2 Å². The summed E-state index contributed by atoms with van der Waals surface area (Å²) in [6.07, 6.45) is 7.31. The van der Waals surface area contributed by atoms with Crippen LogP contribution in [0, 0.1) is 5.41 Å². The number of hydrogen-bond donors (Lipinski definition) is 2. The van der Waals surface area contributed by atoms with Gasteiger partial charge in [-0.15, -0.1) is 0 Å². The largest absolute Gasteiger partial charge is 0.299 e. The van der Waals surface area contributed by atoms with Crippen molar-refractivity contribution < 1.29 is 9.59 Å². The average molecular weight is 250 g/mol. The van der Waals surface area contributed by atoms with Crippen LogP contribution in [0.25, 0.3) is 0 Å². The van der Waals surface area contributed by atoms with E-state index in [0.29, 0.717) is 6.42 Å². The minimum Gasteiger partial charge on any atom is -0.299 e. The van der Waals surface area contributed by atoms with Crippen molar-refractivity contribution in [3.05, 3.63) is 0 Å². The van der Waals surface area contributed by atoms with Crippen molar-refractivity contribution >= 4 is 11.6 Å². The topological polar surface area (TPSA) is 58.2 Å². The summed E-state index contributed by atoms with van der Waals surface area (Å²) in [4.78, 5) is 24.6. The van der Waals surface area contributed by atoms with E-state index in [1.54, 1.807) is 0 Å². The Morgan fingerprint density at radius 3 is 2.17 bits per heavy atom. The molecule has 0 aromatic heterocycles. The zero-order chi connectivity index (χ0) is 12.6. The Morgan fingerprint density at radius 2 is 1.50 bits per heavy atom. The lowest BCUT2D eigenvalue weighted by molar-refractivity contribution is -0.148. The van der Waals surface area contributed by atoms with Crippen molar-refractivity contribution in [2.75, 3.05) is 13.1 Å². The van der Waals surface area contributed by atoms with E-state index in [1.807, 2.05) is 0 Å². The van der Waals surface area contributed by atoms with E-state index in [-0.39, 0.29) is 23.4 Å². The van der Waals surface area contributed by atoms with Crippen LogP contribution < -0.4 is 10.6 Å². The van der Waals surface area contributed by atoms with Gasteiger partial charge in [0.2, 0.25) is 0 Å². The minimum absolute atomic E-state index is 0.0587. The van der Waals surface area contributed by atoms with Crippen LogP contribution in [0.5, 0.6) is 0 Å². The summed E-state index contributed by atoms with van der Waals surface area (Å²) in [7, 11) is 0. The van der Waals surface area contributed by atoms with Crippen molar-refractivity contribution in [2.45, 2.75) is 57.0 Å². The van der Waals surface area contributed by atoms with E-state index in [4.69, 9.17) is 0 Å². The highest BCUT2D eigenvalue weighted by Gasteiger charge is 2.54. The maximum Gasteiger partial charge on any atom is 0.174 e. The lowest BCUT2D eigenvalue weighted by atomic mass is 9.61. The molecular formula is C14H22N2O2. The molecule has 0 aromatic rings. The monoisotopic (exact) mass is 250 g/mol. The van der Waals surface area contributed by atoms with Crippen LogP contribution in [0.15, 0.2) is 0 Å². The molecule has 2 spiro atoms. The zero-order valence-electron chi connectivity index (χ0n) is 10.9. The molecule has 0 atom stereocenters. The molecule has 4 heteroatoms. The van der Waals surface area contributed by atoms with Crippen molar-refractivity contribution in [2.24, 2.45) is 5.41 Å². The Labute approximate surface area is 108 Å². The summed E-state index contributed by atoms with van der Waals surface area (Å²) in [5.74, 6) is 0.260. The SMILES string of the molecule is O=C1CC(=O)C2(CC13CCCCC3)NCCCN2. The van der Waals surface area contributed by atoms with Gasteiger partial charge >= 0.3 is 0 Å². The molecule has 0 aromatic carbocycles. The molecule has 1 aliphatic heterocycles. The van der Waals surface area contributed by atoms with Crippen LogP contribution in [-0.4, -0.2) is 30.3 Å². The Morgan fingerprint density at radius 1 is 0.833 bits per heavy atom. The summed E-state index contributed by atoms with van der Waals surface area (Å²) in [5.41, 5.74) is -0.812. The number of carbonyl (C=O) groups is 2. The molecule has 0 bridgehead atoms. The van der Waals surface area contributed by atoms with Gasteiger partial charge in [-0.1, -0.05) is 19.3 Å². The fourth-order valence-corrected chi connectivity index (χ4v) is 3.95. The van der Waals surface area contributed by atoms with Gasteiger partial charge < -0.3 is 0 Å². The summed E-state index contributed by atoms with van der Waals surface area (Å²) in [6, 6.07) is 0. The first kappa shape index (κ1) is 12.3. The van der Waals surface area contributed by atoms with Crippen LogP contribution in [0.1, 0.15) is 51.4 Å². The second-order valence-corrected chi connectivity index (χ2v) is 6.15. The van der Waals surface area contributed by atoms with Crippen LogP contribution in [-0.2, 0) is 9.59 Å². The number of nitrogens with one attached hydrogen (secondary N) is 2. The Balaban J connectivity index is 1.88. The van der Waals surface area contributed by atoms with Crippen molar-refractivity contribution in [1.29, 1.82) is 0 Å². The predicted octanol–water partition coefficient (Wildman–Crippen LogP) is 1.15. The van der Waals surface area contributed by atoms with Crippen LogP contribution in [0.2, 0.25) is 0 Å². The molecule has 2 N–H and O–H groups in total. The smallest absolute Gasteiger partial charge is 0.174 e. The second kappa shape index (κ2) is 4.42. The number of hydrogen-bond acceptors (Lipinski definition) is 4. The lowest BCUT2D eigenvalue weighted by Crippen LogP contribution is -2.70. The normalized spacial score (nSPS) is 30.9. The van der Waals surface area contributed by atoms with Gasteiger partial charge in [-0.05, 0) is 38.8 Å². The van der Waals surface area contributed by atoms with E-state index < -0.39 is 5.66 Å². The molecule has 3 fully saturated rings. The molecule has 18 heavy (non-hydrogen) atoms. The van der Waals surface area contributed by atoms with Gasteiger partial charge in [0.05, 0.1) is 6.42 Å². The molecular weight excluding hydrogens is 228 g/mol. The van der Waals surface area contributed by atoms with Crippen LogP contribution in [0.3, 0.4) is 0 Å². The molecule has 0 radical (unpaired) electrons. The van der Waals surface area contributed by atoms with E-state index >= 15 is 0 Å². The van der Waals surface area contributed by atoms with Crippen LogP contribution >= 0.6 is 0 Å². The standard InChI is InChI=1S/C14H22N2O2/c17-11-9-12(18)14(15-7-4-8-16-14)10-13(11)5-2-1-3-6-13/h15-16H,1-10H2. The van der Waals surface area contributed by atoms with Crippen molar-refractivity contribution in [3.8, 4) is 0 Å². The molecule has 100 valence electrons. The summed E-state index contributed by atoms with van der Waals surface area (Å²) < 4.78 is 0. The first-order valence-corrected chi connectivity index (χ1v) is 7.24. The van der Waals surface area contributed by atoms with Crippen molar-refractivity contribution in [3.63, 3.8) is 0 Å². The van der Waals surface area contributed by atoms with Gasteiger partial charge in [-0.2, -0.15) is 0 Å². The van der Waals surface area contributed by atoms with E-state index in [2.05, 4.69) is 10.6 Å². The van der Waals surface area contributed by atoms with Crippen LogP contribution in [0.4, 0.5) is 0 Å². The third kappa shape index (κ3) is 1.82. The maximum atomic E-state index is 12.3. The molecule has 1 saturated heterocycles.